The fourth-order valence-corrected chi connectivity index (χ4v) is 1.42. The van der Waals surface area contributed by atoms with Gasteiger partial charge in [0.15, 0.2) is 0 Å². The molecule has 0 aromatic carbocycles. The predicted octanol–water partition coefficient (Wildman–Crippen LogP) is 0.342. The average molecular weight is 197 g/mol. The van der Waals surface area contributed by atoms with Gasteiger partial charge >= 0.3 is 0 Å². The molecular weight excluding hydrogens is 182 g/mol. The third kappa shape index (κ3) is 1.43. The summed E-state index contributed by atoms with van der Waals surface area (Å²) in [4.78, 5) is 0. The van der Waals surface area contributed by atoms with Crippen molar-refractivity contribution in [3.8, 4) is 5.88 Å². The molecule has 1 aliphatic heterocycles. The molecule has 0 unspecified atom stereocenters. The van der Waals surface area contributed by atoms with Crippen molar-refractivity contribution in [2.45, 2.75) is 19.4 Å². The number of ether oxygens (including phenoxy) is 2. The smallest absolute Gasteiger partial charge is 0.236 e. The number of anilines is 1. The third-order valence-electron chi connectivity index (χ3n) is 2.33. The van der Waals surface area contributed by atoms with Crippen LogP contribution in [-0.2, 0) is 18.2 Å². The first kappa shape index (κ1) is 9.33. The molecule has 78 valence electrons. The van der Waals surface area contributed by atoms with Crippen LogP contribution in [-0.4, -0.2) is 29.1 Å². The molecular formula is C9H15N3O2. The Bertz CT molecular complexity index is 331. The molecule has 0 spiro atoms. The van der Waals surface area contributed by atoms with Crippen molar-refractivity contribution in [2.75, 3.05) is 18.9 Å². The summed E-state index contributed by atoms with van der Waals surface area (Å²) < 4.78 is 12.4. The van der Waals surface area contributed by atoms with E-state index in [1.807, 2.05) is 14.0 Å². The van der Waals surface area contributed by atoms with Crippen LogP contribution in [0.25, 0.3) is 0 Å². The van der Waals surface area contributed by atoms with E-state index in [9.17, 15) is 0 Å². The van der Waals surface area contributed by atoms with Crippen molar-refractivity contribution in [3.63, 3.8) is 0 Å². The van der Waals surface area contributed by atoms with Crippen molar-refractivity contribution in [3.05, 3.63) is 5.69 Å². The van der Waals surface area contributed by atoms with Gasteiger partial charge in [-0.1, -0.05) is 6.92 Å². The van der Waals surface area contributed by atoms with Gasteiger partial charge in [0.2, 0.25) is 5.88 Å². The highest BCUT2D eigenvalue weighted by atomic mass is 16.6. The van der Waals surface area contributed by atoms with Gasteiger partial charge in [-0.3, -0.25) is 0 Å². The summed E-state index contributed by atoms with van der Waals surface area (Å²) in [5.41, 5.74) is 7.44. The number of aromatic nitrogens is 2. The number of aryl methyl sites for hydroxylation is 2. The van der Waals surface area contributed by atoms with E-state index < -0.39 is 0 Å². The summed E-state index contributed by atoms with van der Waals surface area (Å²) in [5.74, 6) is 0.662. The number of hydrogen-bond donors (Lipinski definition) is 1. The van der Waals surface area contributed by atoms with Crippen LogP contribution in [0, 0.1) is 0 Å². The topological polar surface area (TPSA) is 62.3 Å². The molecule has 2 heterocycles. The standard InChI is InChI=1S/C9H15N3O2/c1-3-7-8(10)9(12(2)11-7)14-6-4-13-5-6/h6H,3-5,10H2,1-2H3. The molecule has 0 amide bonds. The van der Waals surface area contributed by atoms with E-state index >= 15 is 0 Å². The first-order chi connectivity index (χ1) is 6.72. The minimum absolute atomic E-state index is 0.136. The molecule has 0 aliphatic carbocycles. The lowest BCUT2D eigenvalue weighted by Gasteiger charge is -2.26. The van der Waals surface area contributed by atoms with Crippen LogP contribution < -0.4 is 10.5 Å². The molecule has 2 N–H and O–H groups in total. The SMILES string of the molecule is CCc1nn(C)c(OC2COC2)c1N. The Balaban J connectivity index is 2.18. The van der Waals surface area contributed by atoms with E-state index in [4.69, 9.17) is 15.2 Å². The zero-order valence-corrected chi connectivity index (χ0v) is 8.49. The lowest BCUT2D eigenvalue weighted by molar-refractivity contribution is -0.0823. The molecule has 1 aromatic rings. The quantitative estimate of drug-likeness (QED) is 0.759. The van der Waals surface area contributed by atoms with Crippen molar-refractivity contribution < 1.29 is 9.47 Å². The summed E-state index contributed by atoms with van der Waals surface area (Å²) in [6.07, 6.45) is 0.960. The first-order valence-corrected chi connectivity index (χ1v) is 4.78. The highest BCUT2D eigenvalue weighted by Crippen LogP contribution is 2.26. The average Bonchev–Trinajstić information content (AvgIpc) is 2.36. The largest absolute Gasteiger partial charge is 0.468 e. The Labute approximate surface area is 82.8 Å². The Morgan fingerprint density at radius 3 is 2.79 bits per heavy atom. The summed E-state index contributed by atoms with van der Waals surface area (Å²) in [5, 5.41) is 4.27. The summed E-state index contributed by atoms with van der Waals surface area (Å²) in [7, 11) is 1.84. The fourth-order valence-electron chi connectivity index (χ4n) is 1.42. The highest BCUT2D eigenvalue weighted by Gasteiger charge is 2.24. The second-order valence-electron chi connectivity index (χ2n) is 3.42. The molecule has 5 nitrogen and oxygen atoms in total. The second-order valence-corrected chi connectivity index (χ2v) is 3.42. The van der Waals surface area contributed by atoms with E-state index in [1.54, 1.807) is 4.68 Å². The van der Waals surface area contributed by atoms with Crippen molar-refractivity contribution in [1.82, 2.24) is 9.78 Å². The summed E-state index contributed by atoms with van der Waals surface area (Å²) in [6.45, 7) is 3.31. The van der Waals surface area contributed by atoms with Gasteiger partial charge in [-0.15, -0.1) is 0 Å². The molecule has 1 fully saturated rings. The van der Waals surface area contributed by atoms with Crippen molar-refractivity contribution >= 4 is 5.69 Å². The number of nitrogens with two attached hydrogens (primary N) is 1. The molecule has 5 heteroatoms. The zero-order valence-electron chi connectivity index (χ0n) is 8.49. The minimum Gasteiger partial charge on any atom is -0.468 e. The van der Waals surface area contributed by atoms with Crippen LogP contribution in [0.4, 0.5) is 5.69 Å². The predicted molar refractivity (Wildman–Crippen MR) is 52.2 cm³/mol. The molecule has 1 aliphatic rings. The lowest BCUT2D eigenvalue weighted by atomic mass is 10.3. The van der Waals surface area contributed by atoms with E-state index in [1.165, 1.54) is 0 Å². The molecule has 1 saturated heterocycles. The van der Waals surface area contributed by atoms with Crippen LogP contribution in [0.3, 0.4) is 0 Å². The van der Waals surface area contributed by atoms with Crippen LogP contribution in [0.5, 0.6) is 5.88 Å². The number of rotatable bonds is 3. The Hall–Kier alpha value is -1.23. The van der Waals surface area contributed by atoms with Crippen LogP contribution >= 0.6 is 0 Å². The molecule has 0 radical (unpaired) electrons. The van der Waals surface area contributed by atoms with Crippen molar-refractivity contribution in [1.29, 1.82) is 0 Å². The Morgan fingerprint density at radius 2 is 2.36 bits per heavy atom. The fraction of sp³-hybridized carbons (Fsp3) is 0.667. The maximum atomic E-state index is 5.89. The molecule has 0 bridgehead atoms. The monoisotopic (exact) mass is 197 g/mol. The summed E-state index contributed by atoms with van der Waals surface area (Å²) in [6, 6.07) is 0. The van der Waals surface area contributed by atoms with Gasteiger partial charge in [0, 0.05) is 7.05 Å². The van der Waals surface area contributed by atoms with Crippen LogP contribution in [0.1, 0.15) is 12.6 Å². The van der Waals surface area contributed by atoms with Crippen LogP contribution in [0.15, 0.2) is 0 Å². The number of nitrogen functional groups attached to an aromatic ring is 1. The Kier molecular flexibility index (Phi) is 2.33. The maximum absolute atomic E-state index is 5.89. The highest BCUT2D eigenvalue weighted by molar-refractivity contribution is 5.53. The molecule has 14 heavy (non-hydrogen) atoms. The van der Waals surface area contributed by atoms with Gasteiger partial charge < -0.3 is 15.2 Å². The zero-order chi connectivity index (χ0) is 10.1. The Morgan fingerprint density at radius 1 is 1.64 bits per heavy atom. The number of hydrogen-bond acceptors (Lipinski definition) is 4. The normalized spacial score (nSPS) is 16.7. The third-order valence-corrected chi connectivity index (χ3v) is 2.33. The molecule has 0 saturated carbocycles. The lowest BCUT2D eigenvalue weighted by Crippen LogP contribution is -2.39. The second kappa shape index (κ2) is 3.49. The van der Waals surface area contributed by atoms with E-state index in [2.05, 4.69) is 5.10 Å². The maximum Gasteiger partial charge on any atom is 0.236 e. The number of nitrogens with zero attached hydrogens (tertiary/aromatic N) is 2. The van der Waals surface area contributed by atoms with Gasteiger partial charge in [0.05, 0.1) is 18.9 Å². The van der Waals surface area contributed by atoms with Gasteiger partial charge in [-0.25, -0.2) is 4.68 Å². The van der Waals surface area contributed by atoms with E-state index in [-0.39, 0.29) is 6.10 Å². The van der Waals surface area contributed by atoms with Gasteiger partial charge in [0.1, 0.15) is 11.8 Å². The minimum atomic E-state index is 0.136. The molecule has 1 aromatic heterocycles. The first-order valence-electron chi connectivity index (χ1n) is 4.78. The van der Waals surface area contributed by atoms with Crippen molar-refractivity contribution in [2.24, 2.45) is 7.05 Å². The molecule has 0 atom stereocenters. The van der Waals surface area contributed by atoms with Crippen LogP contribution in [0.2, 0.25) is 0 Å². The van der Waals surface area contributed by atoms with Gasteiger partial charge in [-0.05, 0) is 6.42 Å². The van der Waals surface area contributed by atoms with Gasteiger partial charge in [0.25, 0.3) is 0 Å². The van der Waals surface area contributed by atoms with E-state index in [0.29, 0.717) is 24.8 Å². The van der Waals surface area contributed by atoms with Gasteiger partial charge in [-0.2, -0.15) is 5.10 Å². The molecule has 2 rings (SSSR count). The summed E-state index contributed by atoms with van der Waals surface area (Å²) >= 11 is 0. The van der Waals surface area contributed by atoms with E-state index in [0.717, 1.165) is 12.1 Å².